The molecule has 9 nitrogen and oxygen atoms in total. The van der Waals surface area contributed by atoms with Crippen LogP contribution in [0.15, 0.2) is 145 Å². The first-order valence-corrected chi connectivity index (χ1v) is 21.5. The third kappa shape index (κ3) is 8.36. The fourth-order valence-corrected chi connectivity index (χ4v) is 9.06. The summed E-state index contributed by atoms with van der Waals surface area (Å²) in [7, 11) is 0. The van der Waals surface area contributed by atoms with E-state index in [4.69, 9.17) is 32.2 Å². The number of amides is 2. The predicted molar refractivity (Wildman–Crippen MR) is 258 cm³/mol. The van der Waals surface area contributed by atoms with Crippen molar-refractivity contribution in [2.24, 2.45) is 0 Å². The second-order valence-corrected chi connectivity index (χ2v) is 16.3. The van der Waals surface area contributed by atoms with E-state index >= 15 is 0 Å². The summed E-state index contributed by atoms with van der Waals surface area (Å²) in [6.07, 6.45) is 8.19. The molecule has 4 aromatic heterocycles. The molecule has 0 fully saturated rings. The summed E-state index contributed by atoms with van der Waals surface area (Å²) in [4.78, 5) is 34.5. The number of hydrogen-bond acceptors (Lipinski definition) is 6. The van der Waals surface area contributed by atoms with Gasteiger partial charge in [0, 0.05) is 29.9 Å². The van der Waals surface area contributed by atoms with E-state index in [-0.39, 0.29) is 25.5 Å². The number of nitrogens with zero attached hydrogens (tertiary/aromatic N) is 5. The van der Waals surface area contributed by atoms with Gasteiger partial charge >= 0.3 is 25.5 Å². The number of anilines is 2. The van der Waals surface area contributed by atoms with Gasteiger partial charge in [0.05, 0.1) is 34.2 Å². The van der Waals surface area contributed by atoms with E-state index < -0.39 is 0 Å². The zero-order valence-electron chi connectivity index (χ0n) is 34.2. The van der Waals surface area contributed by atoms with Gasteiger partial charge in [0.1, 0.15) is 0 Å². The summed E-state index contributed by atoms with van der Waals surface area (Å²) in [5.41, 5.74) is 15.2. The van der Waals surface area contributed by atoms with Crippen molar-refractivity contribution in [3.05, 3.63) is 177 Å². The number of aryl methyl sites for hydroxylation is 1. The molecule has 6 heterocycles. The molecule has 63 heavy (non-hydrogen) atoms. The zero-order valence-corrected chi connectivity index (χ0v) is 38.8. The van der Waals surface area contributed by atoms with Crippen LogP contribution in [0.3, 0.4) is 0 Å². The maximum Gasteiger partial charge on any atom is 2.00 e. The Morgan fingerprint density at radius 1 is 0.603 bits per heavy atom. The minimum Gasteiger partial charge on any atom is -0.657 e. The van der Waals surface area contributed by atoms with Crippen molar-refractivity contribution in [1.82, 2.24) is 29.8 Å². The van der Waals surface area contributed by atoms with Crippen LogP contribution in [0, 0.1) is 10.9 Å². The first kappa shape index (κ1) is 41.4. The van der Waals surface area contributed by atoms with Crippen LogP contribution in [-0.2, 0) is 19.5 Å². The molecule has 2 amide bonds. The number of nitrogens with one attached hydrogen (secondary N) is 3. The van der Waals surface area contributed by atoms with Crippen molar-refractivity contribution in [2.45, 2.75) is 6.92 Å². The number of thiazole rings is 1. The minimum atomic E-state index is -0.330. The van der Waals surface area contributed by atoms with Gasteiger partial charge < -0.3 is 25.9 Å². The Morgan fingerprint density at radius 2 is 1.06 bits per heavy atom. The van der Waals surface area contributed by atoms with Crippen LogP contribution in [0.25, 0.3) is 85.4 Å². The Hall–Kier alpha value is -6.98. The van der Waals surface area contributed by atoms with Crippen molar-refractivity contribution in [1.29, 1.82) is 0 Å². The molecule has 0 saturated heterocycles. The molecule has 8 bridgehead atoms. The van der Waals surface area contributed by atoms with Gasteiger partial charge in [-0.05, 0) is 89.0 Å². The molecule has 0 unspecified atom stereocenters. The van der Waals surface area contributed by atoms with Gasteiger partial charge in [0.15, 0.2) is 3.95 Å². The van der Waals surface area contributed by atoms with Gasteiger partial charge in [-0.3, -0.25) is 4.57 Å². The SMILES string of the molecule is Cc1csc(=S)n1-c1ccccc1NC(=O)NCCNc1c2nc(c(-c3ccccc3)c3ccc([n-]3)c(-c3ccccc3)c3nc(c(-c4ccccc4)c4ccc1[n-]4)C=C3)C=C2.[Zn+2]. The fraction of sp³-hybridized carbons (Fsp3) is 0.0588. The summed E-state index contributed by atoms with van der Waals surface area (Å²) < 4.78 is 2.68. The average molecular weight is 908 g/mol. The number of carbonyl (C=O) groups excluding carboxylic acids is 1. The standard InChI is InChI=1S/C51H39N8OS2.Zn/c1-32-31-62-51(61)59(32)45-20-12-11-19-36(45)58-50(60)53-30-29-52-49-43-27-25-41(56-43)47(34-15-7-3-8-16-34)39-23-21-37(54-39)46(33-13-5-2-6-14-33)38-22-24-40(55-38)48(35-17-9-4-10-18-35)42-26-28-44(49)57-42;/h2-28,31H,29-30H2,1H3,(H4-,52,53,54,55,56,57,58,60);/q-1;+2/p-1. The molecule has 0 atom stereocenters. The van der Waals surface area contributed by atoms with Crippen LogP contribution in [-0.4, -0.2) is 33.7 Å². The normalized spacial score (nSPS) is 11.6. The van der Waals surface area contributed by atoms with E-state index in [0.717, 1.165) is 84.1 Å². The zero-order chi connectivity index (χ0) is 42.0. The Balaban J connectivity index is 0.00000504. The summed E-state index contributed by atoms with van der Waals surface area (Å²) in [6.45, 7) is 2.71. The largest absolute Gasteiger partial charge is 2.00 e. The quantitative estimate of drug-likeness (QED) is 0.0751. The monoisotopic (exact) mass is 906 g/mol. The topological polar surface area (TPSA) is 112 Å². The van der Waals surface area contributed by atoms with Gasteiger partial charge in [-0.15, -0.1) is 33.4 Å². The molecule has 0 saturated carbocycles. The average Bonchev–Trinajstić information content (AvgIpc) is 4.17. The Labute approximate surface area is 386 Å². The second kappa shape index (κ2) is 18.2. The molecule has 8 aromatic rings. The number of urea groups is 1. The maximum atomic E-state index is 13.3. The smallest absolute Gasteiger partial charge is 0.657 e. The van der Waals surface area contributed by atoms with E-state index in [1.807, 2.05) is 120 Å². The molecule has 4 aromatic carbocycles. The van der Waals surface area contributed by atoms with Gasteiger partial charge in [0.25, 0.3) is 0 Å². The molecule has 3 N–H and O–H groups in total. The van der Waals surface area contributed by atoms with E-state index in [2.05, 4.69) is 76.6 Å². The fourth-order valence-electron chi connectivity index (χ4n) is 7.95. The van der Waals surface area contributed by atoms with E-state index in [9.17, 15) is 4.79 Å². The minimum absolute atomic E-state index is 0. The number of aromatic nitrogens is 5. The summed E-state index contributed by atoms with van der Waals surface area (Å²) in [6, 6.07) is 46.3. The van der Waals surface area contributed by atoms with Crippen molar-refractivity contribution < 1.29 is 24.3 Å². The summed E-state index contributed by atoms with van der Waals surface area (Å²) in [5, 5.41) is 11.6. The third-order valence-corrected chi connectivity index (χ3v) is 12.1. The molecule has 2 aliphatic heterocycles. The number of hydrogen-bond donors (Lipinski definition) is 3. The molecule has 10 rings (SSSR count). The molecule has 0 aliphatic carbocycles. The molecular weight excluding hydrogens is 870 g/mol. The van der Waals surface area contributed by atoms with E-state index in [0.29, 0.717) is 33.9 Å². The number of rotatable bonds is 9. The molecular formula is C51H38N8OS2Zn. The predicted octanol–water partition coefficient (Wildman–Crippen LogP) is 12.0. The van der Waals surface area contributed by atoms with Crippen LogP contribution in [0.2, 0.25) is 0 Å². The number of para-hydroxylation sites is 2. The van der Waals surface area contributed by atoms with Gasteiger partial charge in [0.2, 0.25) is 0 Å². The molecule has 0 spiro atoms. The maximum absolute atomic E-state index is 13.3. The van der Waals surface area contributed by atoms with Crippen molar-refractivity contribution in [2.75, 3.05) is 23.7 Å². The van der Waals surface area contributed by atoms with E-state index in [1.165, 1.54) is 11.3 Å². The van der Waals surface area contributed by atoms with Gasteiger partial charge in [-0.25, -0.2) is 14.8 Å². The summed E-state index contributed by atoms with van der Waals surface area (Å²) >= 11 is 7.08. The van der Waals surface area contributed by atoms with Crippen LogP contribution in [0.4, 0.5) is 16.2 Å². The van der Waals surface area contributed by atoms with Crippen molar-refractivity contribution in [3.8, 4) is 39.1 Å². The number of benzene rings is 4. The number of carbonyl (C=O) groups is 1. The molecule has 12 heteroatoms. The van der Waals surface area contributed by atoms with Crippen molar-refractivity contribution >= 4 is 87.3 Å². The third-order valence-electron chi connectivity index (χ3n) is 10.8. The van der Waals surface area contributed by atoms with Crippen LogP contribution >= 0.6 is 23.6 Å². The Kier molecular flexibility index (Phi) is 11.9. The number of fused-ring (bicyclic) bond motifs is 8. The van der Waals surface area contributed by atoms with Gasteiger partial charge in [-0.2, -0.15) is 0 Å². The van der Waals surface area contributed by atoms with Crippen LogP contribution in [0.5, 0.6) is 0 Å². The van der Waals surface area contributed by atoms with Gasteiger partial charge in [-0.1, -0.05) is 127 Å². The molecule has 302 valence electrons. The van der Waals surface area contributed by atoms with E-state index in [1.54, 1.807) is 0 Å². The molecule has 0 radical (unpaired) electrons. The molecule has 2 aliphatic rings. The Bertz CT molecular complexity index is 3240. The van der Waals surface area contributed by atoms with Crippen LogP contribution in [0.1, 0.15) is 28.5 Å². The van der Waals surface area contributed by atoms with Crippen LogP contribution < -0.4 is 25.9 Å². The second-order valence-electron chi connectivity index (χ2n) is 14.8. The first-order chi connectivity index (χ1) is 30.5. The Morgan fingerprint density at radius 3 is 1.59 bits per heavy atom. The first-order valence-electron chi connectivity index (χ1n) is 20.3. The van der Waals surface area contributed by atoms with Crippen molar-refractivity contribution in [3.63, 3.8) is 0 Å². The summed E-state index contributed by atoms with van der Waals surface area (Å²) in [5.74, 6) is 0.